The standard InChI is InChI=1S/C9H18N2/c1-2-11-7-5-8-4-3-6-10-9(8)11/h8-10H,2-7H2,1H3/t8-,9-/m0/s1. The van der Waals surface area contributed by atoms with Gasteiger partial charge in [0.25, 0.3) is 0 Å². The molecular weight excluding hydrogens is 136 g/mol. The van der Waals surface area contributed by atoms with E-state index in [9.17, 15) is 0 Å². The number of nitrogens with zero attached hydrogens (tertiary/aromatic N) is 1. The molecule has 1 N–H and O–H groups in total. The van der Waals surface area contributed by atoms with Crippen LogP contribution in [0.5, 0.6) is 0 Å². The normalized spacial score (nSPS) is 39.0. The topological polar surface area (TPSA) is 15.3 Å². The molecule has 0 aliphatic carbocycles. The maximum Gasteiger partial charge on any atom is 0.0626 e. The third-order valence-corrected chi connectivity index (χ3v) is 3.14. The van der Waals surface area contributed by atoms with Crippen molar-refractivity contribution in [2.45, 2.75) is 32.4 Å². The molecule has 2 atom stereocenters. The molecule has 2 fully saturated rings. The summed E-state index contributed by atoms with van der Waals surface area (Å²) in [6.45, 7) is 6.03. The second-order valence-electron chi connectivity index (χ2n) is 3.72. The number of nitrogens with one attached hydrogen (secondary N) is 1. The smallest absolute Gasteiger partial charge is 0.0626 e. The van der Waals surface area contributed by atoms with Crippen molar-refractivity contribution in [1.29, 1.82) is 0 Å². The molecule has 2 heterocycles. The predicted octanol–water partition coefficient (Wildman–Crippen LogP) is 1.04. The Kier molecular flexibility index (Phi) is 2.14. The van der Waals surface area contributed by atoms with Crippen LogP contribution in [-0.2, 0) is 0 Å². The minimum atomic E-state index is 0.730. The van der Waals surface area contributed by atoms with E-state index < -0.39 is 0 Å². The van der Waals surface area contributed by atoms with Crippen molar-refractivity contribution >= 4 is 0 Å². The van der Waals surface area contributed by atoms with Gasteiger partial charge in [0.2, 0.25) is 0 Å². The Hall–Kier alpha value is -0.0800. The lowest BCUT2D eigenvalue weighted by Gasteiger charge is -2.32. The van der Waals surface area contributed by atoms with Gasteiger partial charge in [0.05, 0.1) is 6.17 Å². The van der Waals surface area contributed by atoms with Crippen LogP contribution in [0, 0.1) is 5.92 Å². The molecule has 2 aliphatic rings. The summed E-state index contributed by atoms with van der Waals surface area (Å²) < 4.78 is 0. The Morgan fingerprint density at radius 2 is 2.36 bits per heavy atom. The largest absolute Gasteiger partial charge is 0.301 e. The second kappa shape index (κ2) is 3.11. The van der Waals surface area contributed by atoms with E-state index in [1.807, 2.05) is 0 Å². The number of likely N-dealkylation sites (tertiary alicyclic amines) is 1. The van der Waals surface area contributed by atoms with Gasteiger partial charge in [-0.3, -0.25) is 4.90 Å². The maximum absolute atomic E-state index is 3.61. The predicted molar refractivity (Wildman–Crippen MR) is 46.4 cm³/mol. The first-order valence-electron chi connectivity index (χ1n) is 4.89. The number of piperidine rings is 1. The van der Waals surface area contributed by atoms with Gasteiger partial charge < -0.3 is 5.32 Å². The van der Waals surface area contributed by atoms with Gasteiger partial charge in [-0.25, -0.2) is 0 Å². The molecular formula is C9H18N2. The number of hydrogen-bond acceptors (Lipinski definition) is 2. The van der Waals surface area contributed by atoms with E-state index in [-0.39, 0.29) is 0 Å². The molecule has 64 valence electrons. The SMILES string of the molecule is CCN1CC[C@@H]2CCCN[C@H]21. The monoisotopic (exact) mass is 154 g/mol. The fraction of sp³-hybridized carbons (Fsp3) is 1.00. The van der Waals surface area contributed by atoms with Gasteiger partial charge in [-0.05, 0) is 44.8 Å². The van der Waals surface area contributed by atoms with Crippen LogP contribution in [0.3, 0.4) is 0 Å². The quantitative estimate of drug-likeness (QED) is 0.607. The van der Waals surface area contributed by atoms with Crippen LogP contribution in [0.1, 0.15) is 26.2 Å². The Morgan fingerprint density at radius 1 is 1.45 bits per heavy atom. The van der Waals surface area contributed by atoms with Crippen LogP contribution in [0.25, 0.3) is 0 Å². The summed E-state index contributed by atoms with van der Waals surface area (Å²) in [6.07, 6.45) is 4.99. The zero-order valence-corrected chi connectivity index (χ0v) is 7.34. The van der Waals surface area contributed by atoms with Crippen molar-refractivity contribution < 1.29 is 0 Å². The summed E-state index contributed by atoms with van der Waals surface area (Å²) in [5.41, 5.74) is 0. The first kappa shape index (κ1) is 7.56. The summed E-state index contributed by atoms with van der Waals surface area (Å²) in [6, 6.07) is 0. The van der Waals surface area contributed by atoms with E-state index in [0.29, 0.717) is 0 Å². The molecule has 2 rings (SSSR count). The molecule has 2 heteroatoms. The molecule has 0 spiro atoms. The Bertz CT molecular complexity index is 130. The van der Waals surface area contributed by atoms with E-state index in [0.717, 1.165) is 12.1 Å². The summed E-state index contributed by atoms with van der Waals surface area (Å²) >= 11 is 0. The molecule has 0 aromatic rings. The van der Waals surface area contributed by atoms with Gasteiger partial charge in [0.1, 0.15) is 0 Å². The highest BCUT2D eigenvalue weighted by atomic mass is 15.3. The highest BCUT2D eigenvalue weighted by Crippen LogP contribution is 2.28. The molecule has 2 aliphatic heterocycles. The fourth-order valence-corrected chi connectivity index (χ4v) is 2.49. The highest BCUT2D eigenvalue weighted by Gasteiger charge is 2.34. The molecule has 0 aromatic carbocycles. The molecule has 11 heavy (non-hydrogen) atoms. The molecule has 0 radical (unpaired) electrons. The summed E-state index contributed by atoms with van der Waals surface area (Å²) in [4.78, 5) is 2.57. The van der Waals surface area contributed by atoms with Gasteiger partial charge in [-0.2, -0.15) is 0 Å². The zero-order chi connectivity index (χ0) is 7.68. The average Bonchev–Trinajstić information content (AvgIpc) is 2.47. The van der Waals surface area contributed by atoms with Crippen LogP contribution in [0.15, 0.2) is 0 Å². The minimum Gasteiger partial charge on any atom is -0.301 e. The minimum absolute atomic E-state index is 0.730. The fourth-order valence-electron chi connectivity index (χ4n) is 2.49. The number of hydrogen-bond donors (Lipinski definition) is 1. The third-order valence-electron chi connectivity index (χ3n) is 3.14. The van der Waals surface area contributed by atoms with Gasteiger partial charge in [0, 0.05) is 0 Å². The summed E-state index contributed by atoms with van der Waals surface area (Å²) in [5, 5.41) is 3.61. The molecule has 2 nitrogen and oxygen atoms in total. The first-order chi connectivity index (χ1) is 5.42. The first-order valence-corrected chi connectivity index (χ1v) is 4.89. The van der Waals surface area contributed by atoms with Crippen molar-refractivity contribution in [3.8, 4) is 0 Å². The zero-order valence-electron chi connectivity index (χ0n) is 7.34. The molecule has 0 saturated carbocycles. The molecule has 0 bridgehead atoms. The third kappa shape index (κ3) is 1.30. The molecule has 0 amide bonds. The molecule has 0 unspecified atom stereocenters. The lowest BCUT2D eigenvalue weighted by Crippen LogP contribution is -2.47. The van der Waals surface area contributed by atoms with E-state index >= 15 is 0 Å². The molecule has 2 saturated heterocycles. The second-order valence-corrected chi connectivity index (χ2v) is 3.72. The van der Waals surface area contributed by atoms with Crippen LogP contribution >= 0.6 is 0 Å². The number of rotatable bonds is 1. The Balaban J connectivity index is 1.98. The van der Waals surface area contributed by atoms with Gasteiger partial charge in [-0.1, -0.05) is 6.92 Å². The lowest BCUT2D eigenvalue weighted by atomic mass is 9.96. The maximum atomic E-state index is 3.61. The van der Waals surface area contributed by atoms with E-state index in [4.69, 9.17) is 0 Å². The lowest BCUT2D eigenvalue weighted by molar-refractivity contribution is 0.168. The van der Waals surface area contributed by atoms with Crippen molar-refractivity contribution in [2.75, 3.05) is 19.6 Å². The van der Waals surface area contributed by atoms with Crippen molar-refractivity contribution in [2.24, 2.45) is 5.92 Å². The van der Waals surface area contributed by atoms with Crippen LogP contribution in [0.4, 0.5) is 0 Å². The Morgan fingerprint density at radius 3 is 3.18 bits per heavy atom. The summed E-state index contributed by atoms with van der Waals surface area (Å²) in [7, 11) is 0. The summed E-state index contributed by atoms with van der Waals surface area (Å²) in [5.74, 6) is 0.962. The van der Waals surface area contributed by atoms with Crippen molar-refractivity contribution in [1.82, 2.24) is 10.2 Å². The van der Waals surface area contributed by atoms with Crippen LogP contribution in [-0.4, -0.2) is 30.7 Å². The van der Waals surface area contributed by atoms with E-state index in [2.05, 4.69) is 17.1 Å². The van der Waals surface area contributed by atoms with Crippen LogP contribution in [0.2, 0.25) is 0 Å². The highest BCUT2D eigenvalue weighted by molar-refractivity contribution is 4.87. The van der Waals surface area contributed by atoms with E-state index in [1.165, 1.54) is 38.9 Å². The van der Waals surface area contributed by atoms with Crippen LogP contribution < -0.4 is 5.32 Å². The van der Waals surface area contributed by atoms with Gasteiger partial charge in [0.15, 0.2) is 0 Å². The van der Waals surface area contributed by atoms with Crippen molar-refractivity contribution in [3.05, 3.63) is 0 Å². The number of fused-ring (bicyclic) bond motifs is 1. The van der Waals surface area contributed by atoms with Gasteiger partial charge in [-0.15, -0.1) is 0 Å². The Labute approximate surface area is 69.0 Å². The average molecular weight is 154 g/mol. The molecule has 0 aromatic heterocycles. The van der Waals surface area contributed by atoms with Crippen molar-refractivity contribution in [3.63, 3.8) is 0 Å². The van der Waals surface area contributed by atoms with E-state index in [1.54, 1.807) is 0 Å². The van der Waals surface area contributed by atoms with Gasteiger partial charge >= 0.3 is 0 Å².